The Morgan fingerprint density at radius 3 is 2.60 bits per heavy atom. The Morgan fingerprint density at radius 2 is 1.84 bits per heavy atom. The first-order valence-electron chi connectivity index (χ1n) is 8.31. The Hall–Kier alpha value is -2.03. The smallest absolute Gasteiger partial charge is 0.225 e. The van der Waals surface area contributed by atoms with E-state index in [1.165, 1.54) is 4.31 Å². The maximum atomic E-state index is 12.7. The van der Waals surface area contributed by atoms with Gasteiger partial charge in [-0.25, -0.2) is 18.4 Å². The fourth-order valence-electron chi connectivity index (χ4n) is 3.10. The van der Waals surface area contributed by atoms with Gasteiger partial charge in [0.2, 0.25) is 16.0 Å². The molecule has 8 heteroatoms. The van der Waals surface area contributed by atoms with Gasteiger partial charge >= 0.3 is 0 Å². The molecule has 0 unspecified atom stereocenters. The summed E-state index contributed by atoms with van der Waals surface area (Å²) in [5.41, 5.74) is 2.47. The van der Waals surface area contributed by atoms with E-state index in [0.29, 0.717) is 32.3 Å². The molecule has 0 N–H and O–H groups in total. The van der Waals surface area contributed by atoms with Gasteiger partial charge in [-0.3, -0.25) is 0 Å². The number of morpholine rings is 1. The molecule has 0 saturated carbocycles. The van der Waals surface area contributed by atoms with Crippen molar-refractivity contribution >= 4 is 16.0 Å². The van der Waals surface area contributed by atoms with Gasteiger partial charge < -0.3 is 9.64 Å². The summed E-state index contributed by atoms with van der Waals surface area (Å²) in [5.74, 6) is 0.662. The molecule has 25 heavy (non-hydrogen) atoms. The molecule has 2 aliphatic heterocycles. The predicted octanol–water partition coefficient (Wildman–Crippen LogP) is 1.16. The summed E-state index contributed by atoms with van der Waals surface area (Å²) in [6, 6.07) is 9.24. The van der Waals surface area contributed by atoms with Crippen LogP contribution in [-0.4, -0.2) is 49.0 Å². The van der Waals surface area contributed by atoms with Crippen LogP contribution in [-0.2, 0) is 33.6 Å². The van der Waals surface area contributed by atoms with Gasteiger partial charge in [-0.05, 0) is 5.56 Å². The first-order valence-corrected chi connectivity index (χ1v) is 9.92. The maximum Gasteiger partial charge on any atom is 0.225 e. The van der Waals surface area contributed by atoms with Crippen LogP contribution in [0, 0.1) is 0 Å². The minimum atomic E-state index is -3.39. The van der Waals surface area contributed by atoms with Crippen LogP contribution in [0.15, 0.2) is 36.5 Å². The normalized spacial score (nSPS) is 18.3. The second-order valence-corrected chi connectivity index (χ2v) is 8.22. The maximum absolute atomic E-state index is 12.7. The number of fused-ring (bicyclic) bond motifs is 1. The number of hydrogen-bond acceptors (Lipinski definition) is 6. The zero-order chi connectivity index (χ0) is 17.3. The van der Waals surface area contributed by atoms with Crippen LogP contribution in [0.4, 0.5) is 5.95 Å². The second-order valence-electron chi connectivity index (χ2n) is 6.25. The van der Waals surface area contributed by atoms with Crippen molar-refractivity contribution in [2.45, 2.75) is 18.8 Å². The summed E-state index contributed by atoms with van der Waals surface area (Å²) >= 11 is 0. The van der Waals surface area contributed by atoms with Gasteiger partial charge in [0.05, 0.1) is 31.2 Å². The largest absolute Gasteiger partial charge is 0.378 e. The van der Waals surface area contributed by atoms with E-state index in [9.17, 15) is 8.42 Å². The highest BCUT2D eigenvalue weighted by Crippen LogP contribution is 2.26. The van der Waals surface area contributed by atoms with Crippen LogP contribution in [0.1, 0.15) is 16.8 Å². The molecule has 132 valence electrons. The monoisotopic (exact) mass is 360 g/mol. The van der Waals surface area contributed by atoms with Gasteiger partial charge in [-0.1, -0.05) is 30.3 Å². The Bertz CT molecular complexity index is 851. The highest BCUT2D eigenvalue weighted by atomic mass is 32.2. The van der Waals surface area contributed by atoms with Crippen molar-refractivity contribution in [3.63, 3.8) is 0 Å². The van der Waals surface area contributed by atoms with Crippen molar-refractivity contribution in [1.29, 1.82) is 0 Å². The third-order valence-corrected chi connectivity index (χ3v) is 6.24. The number of aromatic nitrogens is 2. The first-order chi connectivity index (χ1) is 12.1. The molecular weight excluding hydrogens is 340 g/mol. The zero-order valence-corrected chi connectivity index (χ0v) is 14.7. The molecule has 1 aromatic heterocycles. The quantitative estimate of drug-likeness (QED) is 0.814. The standard InChI is InChI=1S/C17H20N4O3S/c22-25(23,13-14-4-2-1-3-5-14)21-11-15-10-18-17(19-16(15)12-21)20-6-8-24-9-7-20/h1-5,10H,6-9,11-13H2. The minimum Gasteiger partial charge on any atom is -0.378 e. The molecule has 1 fully saturated rings. The molecule has 1 saturated heterocycles. The van der Waals surface area contributed by atoms with E-state index >= 15 is 0 Å². The topological polar surface area (TPSA) is 75.6 Å². The number of sulfonamides is 1. The molecule has 2 aromatic rings. The lowest BCUT2D eigenvalue weighted by Gasteiger charge is -2.26. The molecule has 0 spiro atoms. The van der Waals surface area contributed by atoms with Gasteiger partial charge in [-0.2, -0.15) is 4.31 Å². The molecule has 0 bridgehead atoms. The Balaban J connectivity index is 1.50. The SMILES string of the molecule is O=S(=O)(Cc1ccccc1)N1Cc2cnc(N3CCOCC3)nc2C1. The van der Waals surface area contributed by atoms with Crippen LogP contribution < -0.4 is 4.90 Å². The van der Waals surface area contributed by atoms with E-state index in [2.05, 4.69) is 14.9 Å². The van der Waals surface area contributed by atoms with Crippen molar-refractivity contribution in [2.75, 3.05) is 31.2 Å². The molecular formula is C17H20N4O3S. The van der Waals surface area contributed by atoms with Crippen LogP contribution >= 0.6 is 0 Å². The van der Waals surface area contributed by atoms with Gasteiger partial charge in [0.1, 0.15) is 0 Å². The zero-order valence-electron chi connectivity index (χ0n) is 13.8. The van der Waals surface area contributed by atoms with Crippen molar-refractivity contribution in [3.8, 4) is 0 Å². The number of hydrogen-bond donors (Lipinski definition) is 0. The number of nitrogens with zero attached hydrogens (tertiary/aromatic N) is 4. The van der Waals surface area contributed by atoms with E-state index in [0.717, 1.165) is 29.9 Å². The van der Waals surface area contributed by atoms with E-state index in [4.69, 9.17) is 4.74 Å². The summed E-state index contributed by atoms with van der Waals surface area (Å²) in [6.07, 6.45) is 1.76. The lowest BCUT2D eigenvalue weighted by molar-refractivity contribution is 0.122. The predicted molar refractivity (Wildman–Crippen MR) is 93.4 cm³/mol. The van der Waals surface area contributed by atoms with Crippen LogP contribution in [0.5, 0.6) is 0 Å². The number of benzene rings is 1. The highest BCUT2D eigenvalue weighted by molar-refractivity contribution is 7.88. The van der Waals surface area contributed by atoms with E-state index in [-0.39, 0.29) is 5.75 Å². The minimum absolute atomic E-state index is 0.00553. The van der Waals surface area contributed by atoms with Crippen LogP contribution in [0.2, 0.25) is 0 Å². The molecule has 4 rings (SSSR count). The van der Waals surface area contributed by atoms with E-state index in [1.54, 1.807) is 6.20 Å². The van der Waals surface area contributed by atoms with Crippen LogP contribution in [0.3, 0.4) is 0 Å². The van der Waals surface area contributed by atoms with Gasteiger partial charge in [0, 0.05) is 31.4 Å². The fourth-order valence-corrected chi connectivity index (χ4v) is 4.55. The molecule has 0 radical (unpaired) electrons. The van der Waals surface area contributed by atoms with Gasteiger partial charge in [-0.15, -0.1) is 0 Å². The molecule has 0 atom stereocenters. The van der Waals surface area contributed by atoms with E-state index < -0.39 is 10.0 Å². The van der Waals surface area contributed by atoms with Crippen molar-refractivity contribution in [3.05, 3.63) is 53.3 Å². The average Bonchev–Trinajstić information content (AvgIpc) is 3.07. The third-order valence-electron chi connectivity index (χ3n) is 4.49. The summed E-state index contributed by atoms with van der Waals surface area (Å²) in [4.78, 5) is 11.1. The van der Waals surface area contributed by atoms with Gasteiger partial charge in [0.15, 0.2) is 0 Å². The molecule has 3 heterocycles. The fraction of sp³-hybridized carbons (Fsp3) is 0.412. The average molecular weight is 360 g/mol. The summed E-state index contributed by atoms with van der Waals surface area (Å²) in [7, 11) is -3.39. The highest BCUT2D eigenvalue weighted by Gasteiger charge is 2.31. The molecule has 0 amide bonds. The summed E-state index contributed by atoms with van der Waals surface area (Å²) in [6.45, 7) is 3.50. The Kier molecular flexibility index (Phi) is 4.41. The molecule has 2 aliphatic rings. The Labute approximate surface area is 147 Å². The first kappa shape index (κ1) is 16.4. The number of rotatable bonds is 4. The second kappa shape index (κ2) is 6.70. The summed E-state index contributed by atoms with van der Waals surface area (Å²) in [5, 5.41) is 0. The van der Waals surface area contributed by atoms with Crippen LogP contribution in [0.25, 0.3) is 0 Å². The third kappa shape index (κ3) is 3.51. The lowest BCUT2D eigenvalue weighted by atomic mass is 10.2. The molecule has 7 nitrogen and oxygen atoms in total. The van der Waals surface area contributed by atoms with Crippen molar-refractivity contribution in [1.82, 2.24) is 14.3 Å². The van der Waals surface area contributed by atoms with Crippen molar-refractivity contribution in [2.24, 2.45) is 0 Å². The number of ether oxygens (including phenoxy) is 1. The Morgan fingerprint density at radius 1 is 1.08 bits per heavy atom. The molecule has 0 aliphatic carbocycles. The number of anilines is 1. The molecule has 1 aromatic carbocycles. The summed E-state index contributed by atoms with van der Waals surface area (Å²) < 4.78 is 32.3. The van der Waals surface area contributed by atoms with Crippen molar-refractivity contribution < 1.29 is 13.2 Å². The lowest BCUT2D eigenvalue weighted by Crippen LogP contribution is -2.37. The van der Waals surface area contributed by atoms with Gasteiger partial charge in [0.25, 0.3) is 0 Å². The van der Waals surface area contributed by atoms with E-state index in [1.807, 2.05) is 30.3 Å².